The molecule has 2 aromatic heterocycles. The van der Waals surface area contributed by atoms with Crippen LogP contribution in [0.25, 0.3) is 11.1 Å². The number of hydrogen-bond acceptors (Lipinski definition) is 11. The molecule has 1 saturated heterocycles. The zero-order valence-electron chi connectivity index (χ0n) is 35.4. The van der Waals surface area contributed by atoms with Crippen molar-refractivity contribution in [3.63, 3.8) is 0 Å². The summed E-state index contributed by atoms with van der Waals surface area (Å²) in [6.45, 7) is 11.3. The SMILES string of the molecule is COC(=O)C1CCN(Cc2ccc(C(=O)Nc3cccc(-c4cccc(NC(=O)c5ccc(CNCCNC(=O)CCCNC(=O)OC(C)(C)C)cn5)c4C)c3Cl)nc2)CC1. The lowest BCUT2D eigenvalue weighted by Crippen LogP contribution is -2.36. The number of ether oxygens (including phenoxy) is 2. The quantitative estimate of drug-likeness (QED) is 0.0575. The molecule has 5 rings (SSSR count). The van der Waals surface area contributed by atoms with Crippen LogP contribution < -0.4 is 26.6 Å². The minimum Gasteiger partial charge on any atom is -0.469 e. The van der Waals surface area contributed by atoms with Gasteiger partial charge in [0.1, 0.15) is 17.0 Å². The molecule has 324 valence electrons. The molecule has 0 saturated carbocycles. The molecule has 1 aliphatic rings. The molecule has 0 unspecified atom stereocenters. The molecule has 0 atom stereocenters. The second-order valence-electron chi connectivity index (χ2n) is 15.8. The highest BCUT2D eigenvalue weighted by Gasteiger charge is 2.26. The number of hydrogen-bond donors (Lipinski definition) is 5. The zero-order chi connectivity index (χ0) is 43.9. The molecule has 0 spiro atoms. The third kappa shape index (κ3) is 14.1. The topological polar surface area (TPSA) is 193 Å². The molecule has 3 heterocycles. The van der Waals surface area contributed by atoms with E-state index in [1.165, 1.54) is 7.11 Å². The number of nitrogens with zero attached hydrogens (tertiary/aromatic N) is 3. The Hall–Kier alpha value is -5.90. The predicted octanol–water partition coefficient (Wildman–Crippen LogP) is 6.51. The van der Waals surface area contributed by atoms with E-state index in [0.717, 1.165) is 48.2 Å². The average molecular weight is 855 g/mol. The van der Waals surface area contributed by atoms with Crippen molar-refractivity contribution in [3.05, 3.63) is 106 Å². The summed E-state index contributed by atoms with van der Waals surface area (Å²) in [6.07, 6.45) is 5.10. The van der Waals surface area contributed by atoms with Gasteiger partial charge < -0.3 is 36.1 Å². The van der Waals surface area contributed by atoms with Crippen LogP contribution in [0.2, 0.25) is 5.02 Å². The highest BCUT2D eigenvalue weighted by atomic mass is 35.5. The molecule has 0 radical (unpaired) electrons. The second-order valence-corrected chi connectivity index (χ2v) is 16.2. The summed E-state index contributed by atoms with van der Waals surface area (Å²) < 4.78 is 10.1. The predicted molar refractivity (Wildman–Crippen MR) is 234 cm³/mol. The maximum absolute atomic E-state index is 13.3. The number of rotatable bonds is 17. The van der Waals surface area contributed by atoms with Gasteiger partial charge in [-0.2, -0.15) is 0 Å². The number of alkyl carbamates (subject to hydrolysis) is 1. The first-order valence-corrected chi connectivity index (χ1v) is 20.7. The van der Waals surface area contributed by atoms with E-state index in [9.17, 15) is 24.0 Å². The highest BCUT2D eigenvalue weighted by Crippen LogP contribution is 2.37. The number of carbonyl (C=O) groups excluding carboxylic acids is 5. The molecule has 61 heavy (non-hydrogen) atoms. The molecular weight excluding hydrogens is 800 g/mol. The van der Waals surface area contributed by atoms with Gasteiger partial charge in [-0.05, 0) is 107 Å². The number of amides is 4. The third-order valence-corrected chi connectivity index (χ3v) is 10.4. The fourth-order valence-electron chi connectivity index (χ4n) is 6.70. The van der Waals surface area contributed by atoms with Crippen LogP contribution in [-0.4, -0.2) is 90.1 Å². The normalized spacial score (nSPS) is 13.2. The van der Waals surface area contributed by atoms with Crippen molar-refractivity contribution < 1.29 is 33.4 Å². The number of halogens is 1. The first kappa shape index (κ1) is 46.2. The minimum atomic E-state index is -0.572. The fraction of sp³-hybridized carbons (Fsp3) is 0.400. The first-order valence-electron chi connectivity index (χ1n) is 20.4. The summed E-state index contributed by atoms with van der Waals surface area (Å²) >= 11 is 6.90. The summed E-state index contributed by atoms with van der Waals surface area (Å²) in [7, 11) is 1.42. The van der Waals surface area contributed by atoms with Gasteiger partial charge in [0.15, 0.2) is 0 Å². The molecule has 5 N–H and O–H groups in total. The third-order valence-electron chi connectivity index (χ3n) is 9.96. The van der Waals surface area contributed by atoms with Gasteiger partial charge in [-0.15, -0.1) is 0 Å². The van der Waals surface area contributed by atoms with Crippen LogP contribution in [0.5, 0.6) is 0 Å². The summed E-state index contributed by atoms with van der Waals surface area (Å²) in [5, 5.41) is 14.9. The molecule has 15 nitrogen and oxygen atoms in total. The molecule has 1 aliphatic heterocycles. The van der Waals surface area contributed by atoms with Crippen molar-refractivity contribution in [2.75, 3.05) is 50.5 Å². The van der Waals surface area contributed by atoms with Gasteiger partial charge in [0.2, 0.25) is 5.91 Å². The number of carbonyl (C=O) groups is 5. The molecule has 2 aromatic carbocycles. The summed E-state index contributed by atoms with van der Waals surface area (Å²) in [5.74, 6) is -1.10. The standard InChI is InChI=1S/C45H55ClN8O7/c1-29-33(34-10-7-12-36(40(34)46)53-42(57)38-17-15-31(27-51-38)28-54-23-18-32(19-24-54)43(58)60-5)9-6-11-35(29)52-41(56)37-16-14-30(26-50-37)25-47-21-22-48-39(55)13-8-20-49-44(59)61-45(2,3)4/h6-7,9-12,14-17,26-27,32,47H,8,13,18-25,28H2,1-5H3,(H,48,55)(H,49,59)(H,52,56)(H,53,57). The van der Waals surface area contributed by atoms with Gasteiger partial charge >= 0.3 is 12.1 Å². The van der Waals surface area contributed by atoms with E-state index in [0.29, 0.717) is 61.1 Å². The van der Waals surface area contributed by atoms with Gasteiger partial charge in [0.25, 0.3) is 11.8 Å². The van der Waals surface area contributed by atoms with E-state index in [4.69, 9.17) is 21.1 Å². The van der Waals surface area contributed by atoms with Crippen LogP contribution in [0.4, 0.5) is 16.2 Å². The number of anilines is 2. The number of esters is 1. The van der Waals surface area contributed by atoms with Crippen LogP contribution in [0.1, 0.15) is 84.1 Å². The molecule has 1 fully saturated rings. The Morgan fingerprint density at radius 1 is 0.787 bits per heavy atom. The molecule has 4 amide bonds. The summed E-state index contributed by atoms with van der Waals surface area (Å²) in [4.78, 5) is 73.2. The van der Waals surface area contributed by atoms with E-state index < -0.39 is 17.6 Å². The van der Waals surface area contributed by atoms with Crippen molar-refractivity contribution in [3.8, 4) is 11.1 Å². The van der Waals surface area contributed by atoms with Crippen LogP contribution >= 0.6 is 11.6 Å². The van der Waals surface area contributed by atoms with Crippen molar-refractivity contribution in [1.29, 1.82) is 0 Å². The molecule has 16 heteroatoms. The van der Waals surface area contributed by atoms with Gasteiger partial charge in [0.05, 0.1) is 23.7 Å². The lowest BCUT2D eigenvalue weighted by atomic mass is 9.97. The summed E-state index contributed by atoms with van der Waals surface area (Å²) in [5.41, 5.74) is 4.98. The van der Waals surface area contributed by atoms with Gasteiger partial charge in [-0.1, -0.05) is 48.0 Å². The number of pyridine rings is 2. The van der Waals surface area contributed by atoms with Crippen LogP contribution in [0.3, 0.4) is 0 Å². The zero-order valence-corrected chi connectivity index (χ0v) is 36.1. The Balaban J connectivity index is 1.07. The van der Waals surface area contributed by atoms with Gasteiger partial charge in [-0.25, -0.2) is 4.79 Å². The summed E-state index contributed by atoms with van der Waals surface area (Å²) in [6, 6.07) is 17.9. The number of benzene rings is 2. The van der Waals surface area contributed by atoms with Crippen molar-refractivity contribution in [1.82, 2.24) is 30.8 Å². The average Bonchev–Trinajstić information content (AvgIpc) is 3.23. The largest absolute Gasteiger partial charge is 0.469 e. The number of nitrogens with one attached hydrogen (secondary N) is 5. The number of aromatic nitrogens is 2. The Bertz CT molecular complexity index is 2150. The Kier molecular flexibility index (Phi) is 16.7. The molecule has 0 aliphatic carbocycles. The van der Waals surface area contributed by atoms with Crippen LogP contribution in [0.15, 0.2) is 73.1 Å². The van der Waals surface area contributed by atoms with Gasteiger partial charge in [0, 0.05) is 62.8 Å². The van der Waals surface area contributed by atoms with Crippen molar-refractivity contribution in [2.45, 2.75) is 72.1 Å². The maximum atomic E-state index is 13.3. The number of likely N-dealkylation sites (tertiary alicyclic amines) is 1. The Morgan fingerprint density at radius 2 is 1.41 bits per heavy atom. The van der Waals surface area contributed by atoms with Crippen molar-refractivity contribution in [2.24, 2.45) is 5.92 Å². The highest BCUT2D eigenvalue weighted by molar-refractivity contribution is 6.36. The maximum Gasteiger partial charge on any atom is 0.407 e. The lowest BCUT2D eigenvalue weighted by Gasteiger charge is -2.30. The van der Waals surface area contributed by atoms with E-state index in [1.807, 2.05) is 37.3 Å². The van der Waals surface area contributed by atoms with E-state index in [1.54, 1.807) is 63.5 Å². The minimum absolute atomic E-state index is 0.0600. The fourth-order valence-corrected chi connectivity index (χ4v) is 6.98. The number of piperidine rings is 1. The smallest absolute Gasteiger partial charge is 0.407 e. The van der Waals surface area contributed by atoms with E-state index >= 15 is 0 Å². The Labute approximate surface area is 361 Å². The Morgan fingerprint density at radius 3 is 2.03 bits per heavy atom. The molecule has 4 aromatic rings. The monoisotopic (exact) mass is 854 g/mol. The lowest BCUT2D eigenvalue weighted by molar-refractivity contribution is -0.147. The molecule has 0 bridgehead atoms. The second kappa shape index (κ2) is 22.1. The van der Waals surface area contributed by atoms with Gasteiger partial charge in [-0.3, -0.25) is 34.0 Å². The van der Waals surface area contributed by atoms with E-state index in [-0.39, 0.29) is 41.5 Å². The molecular formula is C45H55ClN8O7. The van der Waals surface area contributed by atoms with Crippen LogP contribution in [0, 0.1) is 12.8 Å². The number of methoxy groups -OCH3 is 1. The van der Waals surface area contributed by atoms with E-state index in [2.05, 4.69) is 41.5 Å². The van der Waals surface area contributed by atoms with Crippen molar-refractivity contribution >= 4 is 52.8 Å². The first-order chi connectivity index (χ1) is 29.2. The van der Waals surface area contributed by atoms with Crippen LogP contribution in [-0.2, 0) is 32.2 Å².